The van der Waals surface area contributed by atoms with Gasteiger partial charge in [-0.3, -0.25) is 9.59 Å². The second kappa shape index (κ2) is 7.04. The van der Waals surface area contributed by atoms with Gasteiger partial charge in [-0.15, -0.1) is 0 Å². The van der Waals surface area contributed by atoms with E-state index < -0.39 is 24.5 Å². The fourth-order valence-corrected chi connectivity index (χ4v) is 0.768. The lowest BCUT2D eigenvalue weighted by molar-refractivity contribution is -0.173. The predicted molar refractivity (Wildman–Crippen MR) is 48.6 cm³/mol. The van der Waals surface area contributed by atoms with E-state index in [0.717, 1.165) is 0 Å². The van der Waals surface area contributed by atoms with Crippen molar-refractivity contribution in [2.24, 2.45) is 0 Å². The van der Waals surface area contributed by atoms with Crippen molar-refractivity contribution in [3.05, 3.63) is 0 Å². The maximum Gasteiger partial charge on any atom is 0.471 e. The number of carbonyl (C=O) groups is 2. The Labute approximate surface area is 90.3 Å². The maximum absolute atomic E-state index is 11.7. The Hall–Kier alpha value is -1.31. The van der Waals surface area contributed by atoms with Gasteiger partial charge in [-0.1, -0.05) is 0 Å². The molecule has 0 bridgehead atoms. The highest BCUT2D eigenvalue weighted by molar-refractivity contribution is 5.87. The SMILES string of the molecule is COCCCNC(=O)CNC(=O)C(F)(F)F. The standard InChI is InChI=1S/C8H13F3N2O3/c1-16-4-2-3-12-6(14)5-13-7(15)8(9,10)11/h2-5H2,1H3,(H,12,14)(H,13,15). The lowest BCUT2D eigenvalue weighted by atomic mass is 10.4. The summed E-state index contributed by atoms with van der Waals surface area (Å²) in [5.74, 6) is -2.80. The number of carbonyl (C=O) groups excluding carboxylic acids is 2. The van der Waals surface area contributed by atoms with E-state index in [9.17, 15) is 22.8 Å². The highest BCUT2D eigenvalue weighted by atomic mass is 19.4. The number of ether oxygens (including phenoxy) is 1. The van der Waals surface area contributed by atoms with E-state index in [1.54, 1.807) is 0 Å². The zero-order valence-electron chi connectivity index (χ0n) is 8.69. The first-order chi connectivity index (χ1) is 7.38. The van der Waals surface area contributed by atoms with Gasteiger partial charge in [0.15, 0.2) is 0 Å². The van der Waals surface area contributed by atoms with Crippen LogP contribution in [0.15, 0.2) is 0 Å². The van der Waals surface area contributed by atoms with Crippen LogP contribution in [-0.4, -0.2) is 44.8 Å². The van der Waals surface area contributed by atoms with E-state index in [4.69, 9.17) is 4.74 Å². The fraction of sp³-hybridized carbons (Fsp3) is 0.750. The van der Waals surface area contributed by atoms with Crippen molar-refractivity contribution >= 4 is 11.8 Å². The molecule has 0 spiro atoms. The molecule has 0 aromatic heterocycles. The number of methoxy groups -OCH3 is 1. The molecule has 0 saturated carbocycles. The van der Waals surface area contributed by atoms with Crippen molar-refractivity contribution in [3.63, 3.8) is 0 Å². The molecule has 0 rings (SSSR count). The second-order valence-electron chi connectivity index (χ2n) is 2.88. The molecule has 0 radical (unpaired) electrons. The van der Waals surface area contributed by atoms with E-state index in [1.807, 2.05) is 0 Å². The Bertz CT molecular complexity index is 243. The molecule has 0 aliphatic rings. The van der Waals surface area contributed by atoms with Crippen LogP contribution in [-0.2, 0) is 14.3 Å². The fourth-order valence-electron chi connectivity index (χ4n) is 0.768. The number of rotatable bonds is 6. The van der Waals surface area contributed by atoms with Crippen molar-refractivity contribution < 1.29 is 27.5 Å². The minimum atomic E-state index is -4.96. The molecule has 0 heterocycles. The van der Waals surface area contributed by atoms with E-state index in [2.05, 4.69) is 5.32 Å². The molecule has 2 N–H and O–H groups in total. The van der Waals surface area contributed by atoms with Crippen molar-refractivity contribution in [1.29, 1.82) is 0 Å². The molecule has 0 saturated heterocycles. The lowest BCUT2D eigenvalue weighted by Crippen LogP contribution is -2.43. The van der Waals surface area contributed by atoms with Crippen LogP contribution in [0.3, 0.4) is 0 Å². The number of hydrogen-bond donors (Lipinski definition) is 2. The molecule has 94 valence electrons. The number of alkyl halides is 3. The van der Waals surface area contributed by atoms with Gasteiger partial charge in [-0.25, -0.2) is 0 Å². The van der Waals surface area contributed by atoms with Gasteiger partial charge in [-0.05, 0) is 6.42 Å². The largest absolute Gasteiger partial charge is 0.471 e. The average Bonchev–Trinajstić information content (AvgIpc) is 2.19. The van der Waals surface area contributed by atoms with Crippen LogP contribution in [0.2, 0.25) is 0 Å². The Morgan fingerprint density at radius 1 is 1.25 bits per heavy atom. The molecule has 2 amide bonds. The van der Waals surface area contributed by atoms with Gasteiger partial charge in [0.25, 0.3) is 0 Å². The van der Waals surface area contributed by atoms with E-state index in [-0.39, 0.29) is 6.54 Å². The van der Waals surface area contributed by atoms with Crippen LogP contribution < -0.4 is 10.6 Å². The molecule has 16 heavy (non-hydrogen) atoms. The molecule has 0 aromatic rings. The summed E-state index contributed by atoms with van der Waals surface area (Å²) >= 11 is 0. The summed E-state index contributed by atoms with van der Waals surface area (Å²) in [5.41, 5.74) is 0. The molecule has 0 aromatic carbocycles. The first kappa shape index (κ1) is 14.7. The minimum absolute atomic E-state index is 0.286. The summed E-state index contributed by atoms with van der Waals surface area (Å²) in [6.45, 7) is 0.0368. The van der Waals surface area contributed by atoms with E-state index in [0.29, 0.717) is 13.0 Å². The Morgan fingerprint density at radius 2 is 1.88 bits per heavy atom. The summed E-state index contributed by atoms with van der Waals surface area (Å²) in [6, 6.07) is 0. The van der Waals surface area contributed by atoms with Crippen molar-refractivity contribution in [1.82, 2.24) is 10.6 Å². The molecule has 0 aliphatic heterocycles. The Kier molecular flexibility index (Phi) is 6.47. The summed E-state index contributed by atoms with van der Waals surface area (Å²) in [7, 11) is 1.49. The zero-order valence-corrected chi connectivity index (χ0v) is 8.69. The van der Waals surface area contributed by atoms with Crippen molar-refractivity contribution in [2.75, 3.05) is 26.8 Å². The third kappa shape index (κ3) is 7.04. The number of halogens is 3. The highest BCUT2D eigenvalue weighted by Gasteiger charge is 2.38. The average molecular weight is 242 g/mol. The number of hydrogen-bond acceptors (Lipinski definition) is 3. The topological polar surface area (TPSA) is 67.4 Å². The minimum Gasteiger partial charge on any atom is -0.385 e. The Morgan fingerprint density at radius 3 is 2.38 bits per heavy atom. The third-order valence-corrected chi connectivity index (χ3v) is 1.51. The van der Waals surface area contributed by atoms with E-state index in [1.165, 1.54) is 12.4 Å². The zero-order chi connectivity index (χ0) is 12.6. The van der Waals surface area contributed by atoms with Gasteiger partial charge in [0, 0.05) is 20.3 Å². The summed E-state index contributed by atoms with van der Waals surface area (Å²) < 4.78 is 39.8. The van der Waals surface area contributed by atoms with Crippen LogP contribution in [0.5, 0.6) is 0 Å². The molecule has 0 aliphatic carbocycles. The van der Waals surface area contributed by atoms with Crippen LogP contribution in [0, 0.1) is 0 Å². The van der Waals surface area contributed by atoms with Crippen molar-refractivity contribution in [3.8, 4) is 0 Å². The number of nitrogens with one attached hydrogen (secondary N) is 2. The molecule has 0 atom stereocenters. The summed E-state index contributed by atoms with van der Waals surface area (Å²) in [4.78, 5) is 21.2. The molecule has 5 nitrogen and oxygen atoms in total. The van der Waals surface area contributed by atoms with Gasteiger partial charge < -0.3 is 15.4 Å². The molecule has 0 fully saturated rings. The van der Waals surface area contributed by atoms with Gasteiger partial charge in [0.2, 0.25) is 5.91 Å². The number of amides is 2. The summed E-state index contributed by atoms with van der Waals surface area (Å²) in [6.07, 6.45) is -4.41. The van der Waals surface area contributed by atoms with Crippen LogP contribution in [0.1, 0.15) is 6.42 Å². The normalized spacial score (nSPS) is 11.0. The molecule has 8 heteroatoms. The molecule has 0 unspecified atom stereocenters. The van der Waals surface area contributed by atoms with Gasteiger partial charge in [0.05, 0.1) is 6.54 Å². The van der Waals surface area contributed by atoms with Crippen LogP contribution in [0.25, 0.3) is 0 Å². The lowest BCUT2D eigenvalue weighted by Gasteiger charge is -2.08. The smallest absolute Gasteiger partial charge is 0.385 e. The maximum atomic E-state index is 11.7. The van der Waals surface area contributed by atoms with Gasteiger partial charge >= 0.3 is 12.1 Å². The van der Waals surface area contributed by atoms with E-state index >= 15 is 0 Å². The first-order valence-corrected chi connectivity index (χ1v) is 4.48. The van der Waals surface area contributed by atoms with Gasteiger partial charge in [0.1, 0.15) is 0 Å². The first-order valence-electron chi connectivity index (χ1n) is 4.48. The van der Waals surface area contributed by atoms with Gasteiger partial charge in [-0.2, -0.15) is 13.2 Å². The van der Waals surface area contributed by atoms with Crippen LogP contribution in [0.4, 0.5) is 13.2 Å². The van der Waals surface area contributed by atoms with Crippen LogP contribution >= 0.6 is 0 Å². The molecular weight excluding hydrogens is 229 g/mol. The monoisotopic (exact) mass is 242 g/mol. The molecular formula is C8H13F3N2O3. The predicted octanol–water partition coefficient (Wildman–Crippen LogP) is -0.182. The Balaban J connectivity index is 3.62. The second-order valence-corrected chi connectivity index (χ2v) is 2.88. The highest BCUT2D eigenvalue weighted by Crippen LogP contribution is 2.13. The summed E-state index contributed by atoms with van der Waals surface area (Å²) in [5, 5.41) is 3.78. The quantitative estimate of drug-likeness (QED) is 0.635. The third-order valence-electron chi connectivity index (χ3n) is 1.51. The van der Waals surface area contributed by atoms with Crippen molar-refractivity contribution in [2.45, 2.75) is 12.6 Å².